The summed E-state index contributed by atoms with van der Waals surface area (Å²) in [6.45, 7) is 4.32. The Morgan fingerprint density at radius 1 is 1.69 bits per heavy atom. The van der Waals surface area contributed by atoms with Crippen LogP contribution in [0.5, 0.6) is 0 Å². The number of rotatable bonds is 2. The molecule has 6 heteroatoms. The van der Waals surface area contributed by atoms with Crippen molar-refractivity contribution < 1.29 is 4.79 Å². The Hall–Kier alpha value is -1.30. The van der Waals surface area contributed by atoms with Gasteiger partial charge in [-0.1, -0.05) is 15.7 Å². The molecule has 1 saturated heterocycles. The van der Waals surface area contributed by atoms with Crippen LogP contribution in [0, 0.1) is 5.92 Å². The van der Waals surface area contributed by atoms with Crippen LogP contribution in [0.4, 0.5) is 5.13 Å². The number of amides is 1. The van der Waals surface area contributed by atoms with E-state index in [-0.39, 0.29) is 11.8 Å². The minimum Gasteiger partial charge on any atom is -0.285 e. The van der Waals surface area contributed by atoms with Gasteiger partial charge in [-0.2, -0.15) is 0 Å². The van der Waals surface area contributed by atoms with E-state index in [2.05, 4.69) is 21.4 Å². The minimum absolute atomic E-state index is 0.0726. The molecule has 1 aromatic rings. The van der Waals surface area contributed by atoms with Crippen LogP contribution >= 0.6 is 11.5 Å². The van der Waals surface area contributed by atoms with Crippen molar-refractivity contribution in [2.45, 2.75) is 6.42 Å². The predicted molar refractivity (Wildman–Crippen MR) is 48.4 cm³/mol. The van der Waals surface area contributed by atoms with Gasteiger partial charge in [0.15, 0.2) is 0 Å². The largest absolute Gasteiger partial charge is 0.285 e. The second kappa shape index (κ2) is 3.21. The molecule has 1 aliphatic heterocycles. The molecule has 2 heterocycles. The molecule has 1 amide bonds. The molecule has 0 bridgehead atoms. The van der Waals surface area contributed by atoms with Crippen LogP contribution in [0.2, 0.25) is 0 Å². The van der Waals surface area contributed by atoms with Crippen LogP contribution < -0.4 is 4.90 Å². The summed E-state index contributed by atoms with van der Waals surface area (Å²) in [6, 6.07) is 0. The summed E-state index contributed by atoms with van der Waals surface area (Å²) in [6.07, 6.45) is 2.31. The zero-order valence-electron chi connectivity index (χ0n) is 6.88. The minimum atomic E-state index is 0.0726. The van der Waals surface area contributed by atoms with Gasteiger partial charge in [0.25, 0.3) is 0 Å². The molecule has 0 spiro atoms. The van der Waals surface area contributed by atoms with Gasteiger partial charge in [-0.15, -0.1) is 6.58 Å². The monoisotopic (exact) mass is 196 g/mol. The summed E-state index contributed by atoms with van der Waals surface area (Å²) in [5.41, 5.74) is 0. The van der Waals surface area contributed by atoms with E-state index in [0.29, 0.717) is 18.1 Å². The van der Waals surface area contributed by atoms with Crippen molar-refractivity contribution in [1.82, 2.24) is 14.8 Å². The standard InChI is InChI=1S/C7H8N4OS/c1-2-5-3-6(12)11(4-5)7-8-9-10-13-7/h2,5H,1,3-4H2. The van der Waals surface area contributed by atoms with Gasteiger partial charge in [0.05, 0.1) is 0 Å². The van der Waals surface area contributed by atoms with Crippen LogP contribution in [0.25, 0.3) is 0 Å². The van der Waals surface area contributed by atoms with E-state index in [1.54, 1.807) is 11.0 Å². The molecule has 1 unspecified atom stereocenters. The van der Waals surface area contributed by atoms with Crippen molar-refractivity contribution >= 4 is 22.6 Å². The van der Waals surface area contributed by atoms with Crippen LogP contribution in [0.15, 0.2) is 12.7 Å². The number of nitrogens with zero attached hydrogens (tertiary/aromatic N) is 4. The molecule has 0 N–H and O–H groups in total. The lowest BCUT2D eigenvalue weighted by atomic mass is 10.1. The number of carbonyl (C=O) groups excluding carboxylic acids is 1. The van der Waals surface area contributed by atoms with Gasteiger partial charge in [0.1, 0.15) is 0 Å². The summed E-state index contributed by atoms with van der Waals surface area (Å²) >= 11 is 1.14. The van der Waals surface area contributed by atoms with Gasteiger partial charge in [-0.25, -0.2) is 0 Å². The highest BCUT2D eigenvalue weighted by molar-refractivity contribution is 7.09. The zero-order valence-corrected chi connectivity index (χ0v) is 7.70. The molecule has 1 atom stereocenters. The van der Waals surface area contributed by atoms with E-state index in [1.165, 1.54) is 0 Å². The van der Waals surface area contributed by atoms with Crippen LogP contribution in [0.1, 0.15) is 6.42 Å². The number of hydrogen-bond donors (Lipinski definition) is 0. The maximum absolute atomic E-state index is 11.4. The molecule has 5 nitrogen and oxygen atoms in total. The Balaban J connectivity index is 2.18. The fourth-order valence-corrected chi connectivity index (χ4v) is 1.80. The van der Waals surface area contributed by atoms with Gasteiger partial charge in [0, 0.05) is 30.4 Å². The maximum Gasteiger partial charge on any atom is 0.234 e. The Bertz CT molecular complexity index is 323. The Kier molecular flexibility index (Phi) is 2.05. The molecule has 2 rings (SSSR count). The molecule has 68 valence electrons. The maximum atomic E-state index is 11.4. The molecule has 0 saturated carbocycles. The smallest absolute Gasteiger partial charge is 0.234 e. The van der Waals surface area contributed by atoms with Crippen LogP contribution in [0.3, 0.4) is 0 Å². The lowest BCUT2D eigenvalue weighted by molar-refractivity contribution is -0.117. The molecular weight excluding hydrogens is 188 g/mol. The number of anilines is 1. The molecule has 0 aromatic carbocycles. The molecule has 1 aromatic heterocycles. The number of aromatic nitrogens is 3. The van der Waals surface area contributed by atoms with Crippen molar-refractivity contribution in [1.29, 1.82) is 0 Å². The Morgan fingerprint density at radius 2 is 2.54 bits per heavy atom. The predicted octanol–water partition coefficient (Wildman–Crippen LogP) is 0.472. The van der Waals surface area contributed by atoms with Gasteiger partial charge in [-0.3, -0.25) is 9.69 Å². The van der Waals surface area contributed by atoms with E-state index in [1.807, 2.05) is 0 Å². The third-order valence-electron chi connectivity index (χ3n) is 2.01. The molecule has 0 aliphatic carbocycles. The zero-order chi connectivity index (χ0) is 9.26. The van der Waals surface area contributed by atoms with Crippen molar-refractivity contribution in [2.24, 2.45) is 5.92 Å². The number of carbonyl (C=O) groups is 1. The van der Waals surface area contributed by atoms with E-state index < -0.39 is 0 Å². The first kappa shape index (κ1) is 8.31. The second-order valence-corrected chi connectivity index (χ2v) is 3.56. The van der Waals surface area contributed by atoms with Crippen LogP contribution in [-0.2, 0) is 4.79 Å². The highest BCUT2D eigenvalue weighted by atomic mass is 32.1. The SMILES string of the molecule is C=CC1CC(=O)N(c2nnns2)C1. The second-order valence-electron chi connectivity index (χ2n) is 2.85. The highest BCUT2D eigenvalue weighted by Gasteiger charge is 2.30. The Labute approximate surface area is 79.2 Å². The first-order valence-corrected chi connectivity index (χ1v) is 4.66. The average Bonchev–Trinajstić information content (AvgIpc) is 2.72. The topological polar surface area (TPSA) is 59.0 Å². The van der Waals surface area contributed by atoms with Crippen LogP contribution in [-0.4, -0.2) is 27.3 Å². The van der Waals surface area contributed by atoms with Gasteiger partial charge in [0.2, 0.25) is 11.0 Å². The quantitative estimate of drug-likeness (QED) is 0.645. The summed E-state index contributed by atoms with van der Waals surface area (Å²) < 4.78 is 3.61. The fourth-order valence-electron chi connectivity index (χ4n) is 1.31. The molecule has 13 heavy (non-hydrogen) atoms. The van der Waals surface area contributed by atoms with E-state index in [9.17, 15) is 4.79 Å². The number of hydrogen-bond acceptors (Lipinski definition) is 5. The lowest BCUT2D eigenvalue weighted by Crippen LogP contribution is -2.24. The third-order valence-corrected chi connectivity index (χ3v) is 2.63. The van der Waals surface area contributed by atoms with Crippen molar-refractivity contribution in [2.75, 3.05) is 11.4 Å². The molecular formula is C7H8N4OS. The summed E-state index contributed by atoms with van der Waals surface area (Å²) in [4.78, 5) is 13.0. The van der Waals surface area contributed by atoms with Crippen molar-refractivity contribution in [3.63, 3.8) is 0 Å². The first-order valence-electron chi connectivity index (χ1n) is 3.89. The Morgan fingerprint density at radius 3 is 3.08 bits per heavy atom. The molecule has 1 fully saturated rings. The van der Waals surface area contributed by atoms with Gasteiger partial charge in [-0.05, 0) is 5.21 Å². The fraction of sp³-hybridized carbons (Fsp3) is 0.429. The normalized spacial score (nSPS) is 22.3. The summed E-state index contributed by atoms with van der Waals surface area (Å²) in [5, 5.41) is 7.77. The van der Waals surface area contributed by atoms with Gasteiger partial charge >= 0.3 is 0 Å². The third kappa shape index (κ3) is 1.44. The van der Waals surface area contributed by atoms with E-state index in [4.69, 9.17) is 0 Å². The molecule has 1 aliphatic rings. The van der Waals surface area contributed by atoms with E-state index in [0.717, 1.165) is 11.5 Å². The average molecular weight is 196 g/mol. The summed E-state index contributed by atoms with van der Waals surface area (Å²) in [5.74, 6) is 0.305. The summed E-state index contributed by atoms with van der Waals surface area (Å²) in [7, 11) is 0. The lowest BCUT2D eigenvalue weighted by Gasteiger charge is -2.09. The van der Waals surface area contributed by atoms with Gasteiger partial charge < -0.3 is 0 Å². The first-order chi connectivity index (χ1) is 6.31. The molecule has 0 radical (unpaired) electrons. The van der Waals surface area contributed by atoms with E-state index >= 15 is 0 Å². The van der Waals surface area contributed by atoms with Crippen molar-refractivity contribution in [3.05, 3.63) is 12.7 Å². The highest BCUT2D eigenvalue weighted by Crippen LogP contribution is 2.24. The van der Waals surface area contributed by atoms with Crippen molar-refractivity contribution in [3.8, 4) is 0 Å².